The third-order valence-electron chi connectivity index (χ3n) is 4.14. The van der Waals surface area contributed by atoms with Crippen molar-refractivity contribution in [3.63, 3.8) is 0 Å². The number of nitrogens with zero attached hydrogens (tertiary/aromatic N) is 2. The van der Waals surface area contributed by atoms with Crippen LogP contribution in [0.3, 0.4) is 0 Å². The molecule has 1 N–H and O–H groups in total. The summed E-state index contributed by atoms with van der Waals surface area (Å²) in [7, 11) is -1.86. The molecule has 0 fully saturated rings. The summed E-state index contributed by atoms with van der Waals surface area (Å²) in [6, 6.07) is 13.2. The zero-order valence-corrected chi connectivity index (χ0v) is 20.6. The van der Waals surface area contributed by atoms with E-state index < -0.39 is 15.7 Å². The second kappa shape index (κ2) is 12.7. The normalized spacial score (nSPS) is 11.5. The first-order valence-electron chi connectivity index (χ1n) is 9.55. The molecule has 0 saturated heterocycles. The molecule has 166 valence electrons. The molecule has 30 heavy (non-hydrogen) atoms. The lowest BCUT2D eigenvalue weighted by Crippen LogP contribution is -2.38. The van der Waals surface area contributed by atoms with E-state index in [1.807, 2.05) is 50.1 Å². The summed E-state index contributed by atoms with van der Waals surface area (Å²) in [4.78, 5) is 6.02. The van der Waals surface area contributed by atoms with E-state index in [2.05, 4.69) is 10.3 Å². The topological polar surface area (TPSA) is 71.0 Å². The van der Waals surface area contributed by atoms with Crippen LogP contribution in [-0.2, 0) is 16.4 Å². The minimum atomic E-state index is -3.74. The van der Waals surface area contributed by atoms with Crippen molar-refractivity contribution in [1.82, 2.24) is 10.2 Å². The standard InChI is InChI=1S/C21H28FN3O3S.HI/c1-4-23-21(25(3)16-17-10-12-18(13-11-17)28-5-2)24-14-15-29(26,27)20-9-7-6-8-19(20)22;/h6-13H,4-5,14-16H2,1-3H3,(H,23,24);1H. The number of rotatable bonds is 9. The molecule has 0 amide bonds. The monoisotopic (exact) mass is 549 g/mol. The molecule has 2 aromatic carbocycles. The third-order valence-corrected chi connectivity index (χ3v) is 5.87. The molecule has 0 heterocycles. The van der Waals surface area contributed by atoms with Crippen LogP contribution in [0.4, 0.5) is 4.39 Å². The van der Waals surface area contributed by atoms with Crippen molar-refractivity contribution in [3.05, 3.63) is 59.9 Å². The Morgan fingerprint density at radius 1 is 1.13 bits per heavy atom. The van der Waals surface area contributed by atoms with E-state index >= 15 is 0 Å². The van der Waals surface area contributed by atoms with Crippen molar-refractivity contribution >= 4 is 39.8 Å². The minimum Gasteiger partial charge on any atom is -0.494 e. The number of ether oxygens (including phenoxy) is 1. The number of hydrogen-bond donors (Lipinski definition) is 1. The molecule has 2 aromatic rings. The van der Waals surface area contributed by atoms with Gasteiger partial charge in [0.25, 0.3) is 0 Å². The van der Waals surface area contributed by atoms with Crippen molar-refractivity contribution in [1.29, 1.82) is 0 Å². The largest absolute Gasteiger partial charge is 0.494 e. The SMILES string of the molecule is CCNC(=NCCS(=O)(=O)c1ccccc1F)N(C)Cc1ccc(OCC)cc1.I. The zero-order valence-electron chi connectivity index (χ0n) is 17.5. The van der Waals surface area contributed by atoms with E-state index in [0.29, 0.717) is 25.7 Å². The van der Waals surface area contributed by atoms with Gasteiger partial charge in [-0.1, -0.05) is 24.3 Å². The first-order valence-corrected chi connectivity index (χ1v) is 11.2. The molecule has 0 spiro atoms. The van der Waals surface area contributed by atoms with E-state index in [-0.39, 0.29) is 41.2 Å². The maximum atomic E-state index is 13.8. The average Bonchev–Trinajstić information content (AvgIpc) is 2.69. The van der Waals surface area contributed by atoms with E-state index in [1.54, 1.807) is 0 Å². The van der Waals surface area contributed by atoms with Crippen LogP contribution in [0.2, 0.25) is 0 Å². The van der Waals surface area contributed by atoms with Crippen LogP contribution < -0.4 is 10.1 Å². The maximum absolute atomic E-state index is 13.8. The predicted octanol–water partition coefficient (Wildman–Crippen LogP) is 3.71. The first-order chi connectivity index (χ1) is 13.9. The van der Waals surface area contributed by atoms with Crippen molar-refractivity contribution in [2.45, 2.75) is 25.3 Å². The molecule has 0 radical (unpaired) electrons. The molecule has 0 aromatic heterocycles. The summed E-state index contributed by atoms with van der Waals surface area (Å²) in [6.07, 6.45) is 0. The highest BCUT2D eigenvalue weighted by Crippen LogP contribution is 2.15. The smallest absolute Gasteiger partial charge is 0.193 e. The molecular weight excluding hydrogens is 520 g/mol. The van der Waals surface area contributed by atoms with Gasteiger partial charge in [-0.05, 0) is 43.7 Å². The molecule has 0 aliphatic rings. The minimum absolute atomic E-state index is 0. The van der Waals surface area contributed by atoms with Crippen LogP contribution in [0.25, 0.3) is 0 Å². The number of hydrogen-bond acceptors (Lipinski definition) is 4. The molecule has 6 nitrogen and oxygen atoms in total. The van der Waals surface area contributed by atoms with Gasteiger partial charge in [0.15, 0.2) is 15.8 Å². The maximum Gasteiger partial charge on any atom is 0.193 e. The van der Waals surface area contributed by atoms with Gasteiger partial charge in [0.1, 0.15) is 16.5 Å². The number of aliphatic imine (C=N–C) groups is 1. The van der Waals surface area contributed by atoms with Crippen LogP contribution in [0.5, 0.6) is 5.75 Å². The summed E-state index contributed by atoms with van der Waals surface area (Å²) >= 11 is 0. The Morgan fingerprint density at radius 3 is 2.40 bits per heavy atom. The molecule has 9 heteroatoms. The summed E-state index contributed by atoms with van der Waals surface area (Å²) in [5, 5.41) is 3.15. The van der Waals surface area contributed by atoms with Crippen LogP contribution in [-0.4, -0.2) is 51.8 Å². The lowest BCUT2D eigenvalue weighted by molar-refractivity contribution is 0.340. The summed E-state index contributed by atoms with van der Waals surface area (Å²) in [5.74, 6) is 0.402. The lowest BCUT2D eigenvalue weighted by atomic mass is 10.2. The second-order valence-corrected chi connectivity index (χ2v) is 8.50. The zero-order chi connectivity index (χ0) is 21.3. The Labute approximate surface area is 195 Å². The summed E-state index contributed by atoms with van der Waals surface area (Å²) < 4.78 is 44.0. The van der Waals surface area contributed by atoms with Crippen LogP contribution in [0.15, 0.2) is 58.4 Å². The third kappa shape index (κ3) is 7.75. The Bertz CT molecular complexity index is 921. The fourth-order valence-electron chi connectivity index (χ4n) is 2.75. The number of guanidine groups is 1. The first kappa shape index (κ1) is 26.2. The van der Waals surface area contributed by atoms with Gasteiger partial charge in [-0.3, -0.25) is 4.99 Å². The van der Waals surface area contributed by atoms with Crippen LogP contribution in [0, 0.1) is 5.82 Å². The average molecular weight is 549 g/mol. The van der Waals surface area contributed by atoms with E-state index in [1.165, 1.54) is 18.2 Å². The Hall–Kier alpha value is -1.88. The predicted molar refractivity (Wildman–Crippen MR) is 129 cm³/mol. The van der Waals surface area contributed by atoms with Crippen molar-refractivity contribution < 1.29 is 17.5 Å². The number of sulfone groups is 1. The van der Waals surface area contributed by atoms with Crippen molar-refractivity contribution in [3.8, 4) is 5.75 Å². The second-order valence-electron chi connectivity index (χ2n) is 6.42. The highest BCUT2D eigenvalue weighted by atomic mass is 127. The Kier molecular flexibility index (Phi) is 11.1. The Morgan fingerprint density at radius 2 is 1.80 bits per heavy atom. The highest BCUT2D eigenvalue weighted by molar-refractivity contribution is 14.0. The molecule has 0 aliphatic carbocycles. The van der Waals surface area contributed by atoms with Crippen LogP contribution in [0.1, 0.15) is 19.4 Å². The molecular formula is C21H29FIN3O3S. The molecule has 0 bridgehead atoms. The summed E-state index contributed by atoms with van der Waals surface area (Å²) in [6.45, 7) is 5.77. The number of halogens is 2. The van der Waals surface area contributed by atoms with Gasteiger partial charge in [-0.25, -0.2) is 12.8 Å². The quantitative estimate of drug-likeness (QED) is 0.294. The highest BCUT2D eigenvalue weighted by Gasteiger charge is 2.18. The molecule has 0 aliphatic heterocycles. The molecule has 0 saturated carbocycles. The van der Waals surface area contributed by atoms with Gasteiger partial charge < -0.3 is 15.0 Å². The van der Waals surface area contributed by atoms with Gasteiger partial charge in [0.05, 0.1) is 18.9 Å². The Balaban J connectivity index is 0.00000450. The van der Waals surface area contributed by atoms with Crippen molar-refractivity contribution in [2.24, 2.45) is 4.99 Å². The van der Waals surface area contributed by atoms with Gasteiger partial charge in [-0.2, -0.15) is 0 Å². The molecule has 0 atom stereocenters. The number of benzene rings is 2. The van der Waals surface area contributed by atoms with Crippen LogP contribution >= 0.6 is 24.0 Å². The van der Waals surface area contributed by atoms with Gasteiger partial charge >= 0.3 is 0 Å². The fourth-order valence-corrected chi connectivity index (χ4v) is 3.96. The van der Waals surface area contributed by atoms with E-state index in [4.69, 9.17) is 4.74 Å². The fraction of sp³-hybridized carbons (Fsp3) is 0.381. The number of nitrogens with one attached hydrogen (secondary N) is 1. The molecule has 0 unspecified atom stereocenters. The van der Waals surface area contributed by atoms with E-state index in [9.17, 15) is 12.8 Å². The molecule has 2 rings (SSSR count). The van der Waals surface area contributed by atoms with Gasteiger partial charge in [-0.15, -0.1) is 24.0 Å². The summed E-state index contributed by atoms with van der Waals surface area (Å²) in [5.41, 5.74) is 1.07. The lowest BCUT2D eigenvalue weighted by Gasteiger charge is -2.22. The van der Waals surface area contributed by atoms with Crippen molar-refractivity contribution in [2.75, 3.05) is 32.5 Å². The van der Waals surface area contributed by atoms with E-state index in [0.717, 1.165) is 17.4 Å². The van der Waals surface area contributed by atoms with Gasteiger partial charge in [0.2, 0.25) is 0 Å². The van der Waals surface area contributed by atoms with Gasteiger partial charge in [0, 0.05) is 20.1 Å².